The topological polar surface area (TPSA) is 120 Å². The molecule has 1 atom stereocenters. The molecule has 0 aliphatic heterocycles. The summed E-state index contributed by atoms with van der Waals surface area (Å²) in [5, 5.41) is 2.58. The third kappa shape index (κ3) is 5.41. The van der Waals surface area contributed by atoms with Crippen LogP contribution in [0.2, 0.25) is 5.02 Å². The van der Waals surface area contributed by atoms with Gasteiger partial charge in [-0.1, -0.05) is 11.6 Å². The largest absolute Gasteiger partial charge is 0.497 e. The molecule has 0 aliphatic rings. The zero-order valence-corrected chi connectivity index (χ0v) is 18.3. The van der Waals surface area contributed by atoms with Gasteiger partial charge in [0.1, 0.15) is 11.5 Å². The van der Waals surface area contributed by atoms with E-state index >= 15 is 0 Å². The van der Waals surface area contributed by atoms with Gasteiger partial charge in [0.05, 0.1) is 35.4 Å². The summed E-state index contributed by atoms with van der Waals surface area (Å²) in [6, 6.07) is 8.40. The van der Waals surface area contributed by atoms with Gasteiger partial charge in [-0.3, -0.25) is 4.79 Å². The van der Waals surface area contributed by atoms with Crippen LogP contribution in [0.25, 0.3) is 0 Å². The Hall–Kier alpha value is -2.82. The van der Waals surface area contributed by atoms with Gasteiger partial charge in [-0.2, -0.15) is 0 Å². The van der Waals surface area contributed by atoms with Gasteiger partial charge >= 0.3 is 5.97 Å². The van der Waals surface area contributed by atoms with Crippen LogP contribution in [-0.2, 0) is 19.6 Å². The van der Waals surface area contributed by atoms with E-state index in [4.69, 9.17) is 25.8 Å². The highest BCUT2D eigenvalue weighted by Gasteiger charge is 2.23. The maximum Gasteiger partial charge on any atom is 0.340 e. The van der Waals surface area contributed by atoms with Crippen molar-refractivity contribution in [3.05, 3.63) is 47.0 Å². The first-order valence-corrected chi connectivity index (χ1v) is 10.5. The van der Waals surface area contributed by atoms with Gasteiger partial charge in [-0.25, -0.2) is 17.9 Å². The van der Waals surface area contributed by atoms with Crippen molar-refractivity contribution in [2.24, 2.45) is 0 Å². The molecular formula is C19H21ClN2O7S. The molecule has 2 aromatic carbocycles. The summed E-state index contributed by atoms with van der Waals surface area (Å²) in [6.45, 7) is 1.36. The van der Waals surface area contributed by atoms with Crippen molar-refractivity contribution in [2.45, 2.75) is 17.9 Å². The van der Waals surface area contributed by atoms with Crippen LogP contribution < -0.4 is 19.5 Å². The Morgan fingerprint density at radius 1 is 1.07 bits per heavy atom. The lowest BCUT2D eigenvalue weighted by Crippen LogP contribution is -2.30. The minimum absolute atomic E-state index is 0.0165. The molecule has 0 aromatic heterocycles. The molecule has 0 bridgehead atoms. The number of halogens is 1. The van der Waals surface area contributed by atoms with E-state index in [1.54, 1.807) is 18.2 Å². The summed E-state index contributed by atoms with van der Waals surface area (Å²) in [6.07, 6.45) is -1.21. The normalized spacial score (nSPS) is 12.0. The van der Waals surface area contributed by atoms with Crippen LogP contribution in [-0.4, -0.2) is 47.7 Å². The quantitative estimate of drug-likeness (QED) is 0.585. The van der Waals surface area contributed by atoms with E-state index in [1.165, 1.54) is 40.3 Å². The summed E-state index contributed by atoms with van der Waals surface area (Å²) >= 11 is 6.00. The molecule has 11 heteroatoms. The summed E-state index contributed by atoms with van der Waals surface area (Å²) in [5.74, 6) is -0.709. The van der Waals surface area contributed by atoms with E-state index in [-0.39, 0.29) is 15.5 Å². The fraction of sp³-hybridized carbons (Fsp3) is 0.263. The number of carbonyl (C=O) groups excluding carboxylic acids is 2. The van der Waals surface area contributed by atoms with Crippen LogP contribution in [0, 0.1) is 0 Å². The number of carbonyl (C=O) groups is 2. The van der Waals surface area contributed by atoms with Gasteiger partial charge < -0.3 is 19.5 Å². The number of hydrogen-bond donors (Lipinski definition) is 2. The summed E-state index contributed by atoms with van der Waals surface area (Å²) in [5.41, 5.74) is 0.136. The first kappa shape index (κ1) is 23.5. The van der Waals surface area contributed by atoms with Crippen molar-refractivity contribution >= 4 is 39.2 Å². The summed E-state index contributed by atoms with van der Waals surface area (Å²) in [7, 11) is 0.361. The first-order valence-electron chi connectivity index (χ1n) is 8.60. The Labute approximate surface area is 179 Å². The van der Waals surface area contributed by atoms with Crippen LogP contribution in [0.15, 0.2) is 41.3 Å². The molecule has 1 amide bonds. The van der Waals surface area contributed by atoms with Gasteiger partial charge in [-0.15, -0.1) is 0 Å². The highest BCUT2D eigenvalue weighted by atomic mass is 35.5. The van der Waals surface area contributed by atoms with Crippen molar-refractivity contribution in [1.29, 1.82) is 0 Å². The monoisotopic (exact) mass is 456 g/mol. The number of sulfonamides is 1. The standard InChI is InChI=1S/C19H21ClN2O7S/c1-11(18(23)22-16-9-12(27-3)5-8-17(16)28-4)29-19(24)14-10-13(6-7-15(14)20)30(25,26)21-2/h5-11,21H,1-4H3,(H,22,23). The maximum atomic E-state index is 12.5. The molecule has 0 heterocycles. The number of methoxy groups -OCH3 is 2. The minimum Gasteiger partial charge on any atom is -0.497 e. The Morgan fingerprint density at radius 2 is 1.77 bits per heavy atom. The molecule has 0 fully saturated rings. The van der Waals surface area contributed by atoms with Crippen molar-refractivity contribution in [2.75, 3.05) is 26.6 Å². The number of benzene rings is 2. The highest BCUT2D eigenvalue weighted by Crippen LogP contribution is 2.29. The Balaban J connectivity index is 2.18. The third-order valence-corrected chi connectivity index (χ3v) is 5.80. The lowest BCUT2D eigenvalue weighted by molar-refractivity contribution is -0.123. The van der Waals surface area contributed by atoms with E-state index in [2.05, 4.69) is 10.0 Å². The molecule has 2 aromatic rings. The van der Waals surface area contributed by atoms with Gasteiger partial charge in [0, 0.05) is 6.07 Å². The Morgan fingerprint density at radius 3 is 2.37 bits per heavy atom. The average Bonchev–Trinajstić information content (AvgIpc) is 2.73. The number of rotatable bonds is 8. The zero-order valence-electron chi connectivity index (χ0n) is 16.7. The lowest BCUT2D eigenvalue weighted by Gasteiger charge is -2.16. The lowest BCUT2D eigenvalue weighted by atomic mass is 10.2. The number of ether oxygens (including phenoxy) is 3. The molecule has 0 aliphatic carbocycles. The molecular weight excluding hydrogens is 436 g/mol. The van der Waals surface area contributed by atoms with Crippen LogP contribution in [0.5, 0.6) is 11.5 Å². The van der Waals surface area contributed by atoms with Crippen molar-refractivity contribution in [3.63, 3.8) is 0 Å². The average molecular weight is 457 g/mol. The van der Waals surface area contributed by atoms with E-state index in [0.29, 0.717) is 17.2 Å². The first-order chi connectivity index (χ1) is 14.1. The fourth-order valence-corrected chi connectivity index (χ4v) is 3.32. The van der Waals surface area contributed by atoms with Crippen LogP contribution >= 0.6 is 11.6 Å². The van der Waals surface area contributed by atoms with Crippen molar-refractivity contribution < 1.29 is 32.2 Å². The molecule has 0 saturated carbocycles. The second-order valence-corrected chi connectivity index (χ2v) is 8.25. The smallest absolute Gasteiger partial charge is 0.340 e. The number of nitrogens with one attached hydrogen (secondary N) is 2. The van der Waals surface area contributed by atoms with Crippen LogP contribution in [0.4, 0.5) is 5.69 Å². The molecule has 0 spiro atoms. The van der Waals surface area contributed by atoms with Gasteiger partial charge in [0.25, 0.3) is 5.91 Å². The maximum absolute atomic E-state index is 12.5. The Kier molecular flexibility index (Phi) is 7.65. The number of amides is 1. The summed E-state index contributed by atoms with van der Waals surface area (Å²) < 4.78 is 41.5. The molecule has 0 saturated heterocycles. The van der Waals surface area contributed by atoms with E-state index in [1.807, 2.05) is 0 Å². The number of hydrogen-bond acceptors (Lipinski definition) is 7. The van der Waals surface area contributed by atoms with Crippen LogP contribution in [0.1, 0.15) is 17.3 Å². The molecule has 2 rings (SSSR count). The van der Waals surface area contributed by atoms with E-state index in [9.17, 15) is 18.0 Å². The van der Waals surface area contributed by atoms with Gasteiger partial charge in [0.15, 0.2) is 6.10 Å². The SMILES string of the molecule is CNS(=O)(=O)c1ccc(Cl)c(C(=O)OC(C)C(=O)Nc2cc(OC)ccc2OC)c1. The van der Waals surface area contributed by atoms with Crippen LogP contribution in [0.3, 0.4) is 0 Å². The Bertz CT molecular complexity index is 1060. The van der Waals surface area contributed by atoms with Gasteiger partial charge in [0.2, 0.25) is 10.0 Å². The fourth-order valence-electron chi connectivity index (χ4n) is 2.37. The zero-order chi connectivity index (χ0) is 22.5. The minimum atomic E-state index is -3.79. The molecule has 162 valence electrons. The third-order valence-electron chi connectivity index (χ3n) is 4.05. The number of esters is 1. The second-order valence-electron chi connectivity index (χ2n) is 5.95. The van der Waals surface area contributed by atoms with Gasteiger partial charge in [-0.05, 0) is 44.3 Å². The molecule has 2 N–H and O–H groups in total. The summed E-state index contributed by atoms with van der Waals surface area (Å²) in [4.78, 5) is 24.8. The molecule has 0 radical (unpaired) electrons. The predicted octanol–water partition coefficient (Wildman–Crippen LogP) is 2.45. The molecule has 30 heavy (non-hydrogen) atoms. The molecule has 1 unspecified atom stereocenters. The van der Waals surface area contributed by atoms with E-state index < -0.39 is 28.0 Å². The number of anilines is 1. The molecule has 9 nitrogen and oxygen atoms in total. The highest BCUT2D eigenvalue weighted by molar-refractivity contribution is 7.89. The predicted molar refractivity (Wildman–Crippen MR) is 111 cm³/mol. The van der Waals surface area contributed by atoms with Crippen molar-refractivity contribution in [1.82, 2.24) is 4.72 Å². The van der Waals surface area contributed by atoms with E-state index in [0.717, 1.165) is 6.07 Å². The second kappa shape index (κ2) is 9.79. The van der Waals surface area contributed by atoms with Crippen molar-refractivity contribution in [3.8, 4) is 11.5 Å².